The Hall–Kier alpha value is -2.37. The van der Waals surface area contributed by atoms with Gasteiger partial charge in [0.2, 0.25) is 0 Å². The third-order valence-electron chi connectivity index (χ3n) is 2.11. The SMILES string of the molecule is CCOC(=O)C(=C(C)Nc1ccccc1)[N+](=O)[O-]. The van der Waals surface area contributed by atoms with Crippen LogP contribution in [0.1, 0.15) is 13.8 Å². The number of nitrogens with one attached hydrogen (secondary N) is 1. The zero-order valence-corrected chi connectivity index (χ0v) is 10.2. The van der Waals surface area contributed by atoms with Crippen LogP contribution in [0.3, 0.4) is 0 Å². The normalized spacial score (nSPS) is 11.4. The molecule has 0 aliphatic rings. The molecular formula is C12H14N2O4. The third kappa shape index (κ3) is 3.58. The lowest BCUT2D eigenvalue weighted by atomic mass is 10.3. The van der Waals surface area contributed by atoms with Gasteiger partial charge in [-0.15, -0.1) is 0 Å². The summed E-state index contributed by atoms with van der Waals surface area (Å²) in [4.78, 5) is 21.6. The maximum atomic E-state index is 11.5. The van der Waals surface area contributed by atoms with Crippen LogP contribution in [0, 0.1) is 10.1 Å². The van der Waals surface area contributed by atoms with Crippen molar-refractivity contribution in [2.75, 3.05) is 11.9 Å². The Bertz CT molecular complexity index is 468. The number of esters is 1. The molecule has 6 heteroatoms. The van der Waals surface area contributed by atoms with E-state index in [-0.39, 0.29) is 12.3 Å². The van der Waals surface area contributed by atoms with Crippen molar-refractivity contribution in [2.45, 2.75) is 13.8 Å². The molecule has 96 valence electrons. The van der Waals surface area contributed by atoms with Gasteiger partial charge in [-0.05, 0) is 26.0 Å². The van der Waals surface area contributed by atoms with E-state index >= 15 is 0 Å². The van der Waals surface area contributed by atoms with Crippen molar-refractivity contribution < 1.29 is 14.5 Å². The van der Waals surface area contributed by atoms with Crippen molar-refractivity contribution in [1.29, 1.82) is 0 Å². The van der Waals surface area contributed by atoms with Crippen LogP contribution < -0.4 is 5.32 Å². The van der Waals surface area contributed by atoms with E-state index < -0.39 is 16.6 Å². The number of hydrogen-bond acceptors (Lipinski definition) is 5. The second-order valence-corrected chi connectivity index (χ2v) is 3.44. The van der Waals surface area contributed by atoms with E-state index in [1.807, 2.05) is 6.07 Å². The van der Waals surface area contributed by atoms with Gasteiger partial charge in [0.05, 0.1) is 17.2 Å². The van der Waals surface area contributed by atoms with Gasteiger partial charge in [0.25, 0.3) is 0 Å². The minimum Gasteiger partial charge on any atom is -0.458 e. The lowest BCUT2D eigenvalue weighted by molar-refractivity contribution is -0.422. The molecule has 1 aromatic rings. The Morgan fingerprint density at radius 1 is 1.39 bits per heavy atom. The number of para-hydroxylation sites is 1. The monoisotopic (exact) mass is 250 g/mol. The summed E-state index contributed by atoms with van der Waals surface area (Å²) in [6.45, 7) is 3.15. The van der Waals surface area contributed by atoms with E-state index in [0.717, 1.165) is 0 Å². The van der Waals surface area contributed by atoms with E-state index in [0.29, 0.717) is 5.69 Å². The van der Waals surface area contributed by atoms with Crippen LogP contribution in [0.5, 0.6) is 0 Å². The molecular weight excluding hydrogens is 236 g/mol. The molecule has 0 saturated heterocycles. The number of nitrogens with zero attached hydrogens (tertiary/aromatic N) is 1. The average Bonchev–Trinajstić information content (AvgIpc) is 2.30. The molecule has 0 saturated carbocycles. The van der Waals surface area contributed by atoms with Gasteiger partial charge in [-0.1, -0.05) is 18.2 Å². The van der Waals surface area contributed by atoms with E-state index in [9.17, 15) is 14.9 Å². The van der Waals surface area contributed by atoms with Crippen molar-refractivity contribution in [3.05, 3.63) is 51.8 Å². The summed E-state index contributed by atoms with van der Waals surface area (Å²) < 4.78 is 4.65. The second-order valence-electron chi connectivity index (χ2n) is 3.44. The molecule has 6 nitrogen and oxygen atoms in total. The summed E-state index contributed by atoms with van der Waals surface area (Å²) in [7, 11) is 0. The molecule has 0 spiro atoms. The van der Waals surface area contributed by atoms with Crippen LogP contribution in [0.2, 0.25) is 0 Å². The Kier molecular flexibility index (Phi) is 4.86. The zero-order valence-electron chi connectivity index (χ0n) is 10.2. The average molecular weight is 250 g/mol. The van der Waals surface area contributed by atoms with E-state index in [4.69, 9.17) is 0 Å². The third-order valence-corrected chi connectivity index (χ3v) is 2.11. The fraction of sp³-hybridized carbons (Fsp3) is 0.250. The van der Waals surface area contributed by atoms with Crippen LogP contribution in [0.4, 0.5) is 5.69 Å². The summed E-state index contributed by atoms with van der Waals surface area (Å²) in [5.41, 5.74) is 0.226. The first-order valence-corrected chi connectivity index (χ1v) is 5.40. The molecule has 0 amide bonds. The van der Waals surface area contributed by atoms with Gasteiger partial charge >= 0.3 is 11.7 Å². The van der Waals surface area contributed by atoms with Gasteiger partial charge in [0.1, 0.15) is 0 Å². The van der Waals surface area contributed by atoms with Crippen LogP contribution in [-0.2, 0) is 9.53 Å². The van der Waals surface area contributed by atoms with Gasteiger partial charge in [0, 0.05) is 5.69 Å². The first-order valence-electron chi connectivity index (χ1n) is 5.40. The van der Waals surface area contributed by atoms with Crippen LogP contribution in [0.15, 0.2) is 41.7 Å². The molecule has 0 aliphatic heterocycles. The van der Waals surface area contributed by atoms with Crippen molar-refractivity contribution in [1.82, 2.24) is 0 Å². The lowest BCUT2D eigenvalue weighted by Crippen LogP contribution is -2.19. The fourth-order valence-electron chi connectivity index (χ4n) is 1.36. The molecule has 1 N–H and O–H groups in total. The van der Waals surface area contributed by atoms with E-state index in [1.54, 1.807) is 31.2 Å². The number of rotatable bonds is 5. The first kappa shape index (κ1) is 13.7. The molecule has 1 rings (SSSR count). The molecule has 0 atom stereocenters. The highest BCUT2D eigenvalue weighted by Gasteiger charge is 2.27. The van der Waals surface area contributed by atoms with Gasteiger partial charge in [0.15, 0.2) is 0 Å². The number of anilines is 1. The number of allylic oxidation sites excluding steroid dienone is 1. The summed E-state index contributed by atoms with van der Waals surface area (Å²) >= 11 is 0. The summed E-state index contributed by atoms with van der Waals surface area (Å²) in [5, 5.41) is 13.7. The Morgan fingerprint density at radius 2 is 2.00 bits per heavy atom. The second kappa shape index (κ2) is 6.39. The molecule has 0 aromatic heterocycles. The predicted octanol–water partition coefficient (Wildman–Crippen LogP) is 2.17. The molecule has 0 heterocycles. The van der Waals surface area contributed by atoms with Crippen LogP contribution in [-0.4, -0.2) is 17.5 Å². The number of hydrogen-bond donors (Lipinski definition) is 1. The van der Waals surface area contributed by atoms with Gasteiger partial charge in [-0.3, -0.25) is 10.1 Å². The minimum atomic E-state index is -0.941. The van der Waals surface area contributed by atoms with Crippen LogP contribution >= 0.6 is 0 Å². The molecule has 1 aromatic carbocycles. The standard InChI is InChI=1S/C12H14N2O4/c1-3-18-12(15)11(14(16)17)9(2)13-10-7-5-4-6-8-10/h4-8,13H,3H2,1-2H3. The summed E-state index contributed by atoms with van der Waals surface area (Å²) in [6, 6.07) is 8.88. The van der Waals surface area contributed by atoms with E-state index in [2.05, 4.69) is 10.1 Å². The van der Waals surface area contributed by atoms with Crippen molar-refractivity contribution in [2.24, 2.45) is 0 Å². The number of benzene rings is 1. The van der Waals surface area contributed by atoms with E-state index in [1.165, 1.54) is 6.92 Å². The Balaban J connectivity index is 2.98. The smallest absolute Gasteiger partial charge is 0.411 e. The quantitative estimate of drug-likeness (QED) is 0.375. The molecule has 0 fully saturated rings. The Labute approximate surface area is 104 Å². The van der Waals surface area contributed by atoms with Gasteiger partial charge in [-0.25, -0.2) is 4.79 Å². The maximum Gasteiger partial charge on any atom is 0.411 e. The summed E-state index contributed by atoms with van der Waals surface area (Å²) in [5.74, 6) is -0.941. The highest BCUT2D eigenvalue weighted by Crippen LogP contribution is 2.13. The Morgan fingerprint density at radius 3 is 2.50 bits per heavy atom. The highest BCUT2D eigenvalue weighted by molar-refractivity contribution is 5.87. The lowest BCUT2D eigenvalue weighted by Gasteiger charge is -2.07. The molecule has 0 bridgehead atoms. The number of carbonyl (C=O) groups excluding carboxylic acids is 1. The molecule has 0 aliphatic carbocycles. The van der Waals surface area contributed by atoms with Crippen molar-refractivity contribution in [3.63, 3.8) is 0 Å². The zero-order chi connectivity index (χ0) is 13.5. The summed E-state index contributed by atoms with van der Waals surface area (Å²) in [6.07, 6.45) is 0. The van der Waals surface area contributed by atoms with Crippen molar-refractivity contribution >= 4 is 11.7 Å². The molecule has 0 unspecified atom stereocenters. The number of carbonyl (C=O) groups is 1. The largest absolute Gasteiger partial charge is 0.458 e. The number of ether oxygens (including phenoxy) is 1. The number of nitro groups is 1. The van der Waals surface area contributed by atoms with Gasteiger partial charge in [-0.2, -0.15) is 0 Å². The highest BCUT2D eigenvalue weighted by atomic mass is 16.6. The van der Waals surface area contributed by atoms with Gasteiger partial charge < -0.3 is 10.1 Å². The van der Waals surface area contributed by atoms with Crippen molar-refractivity contribution in [3.8, 4) is 0 Å². The molecule has 0 radical (unpaired) electrons. The van der Waals surface area contributed by atoms with Crippen LogP contribution in [0.25, 0.3) is 0 Å². The minimum absolute atomic E-state index is 0.0921. The molecule has 18 heavy (non-hydrogen) atoms. The fourth-order valence-corrected chi connectivity index (χ4v) is 1.36. The predicted molar refractivity (Wildman–Crippen MR) is 66.4 cm³/mol. The maximum absolute atomic E-state index is 11.5. The first-order chi connectivity index (χ1) is 8.56. The topological polar surface area (TPSA) is 81.5 Å².